The topological polar surface area (TPSA) is 70.1 Å². The zero-order chi connectivity index (χ0) is 15.5. The molecule has 0 aliphatic carbocycles. The first-order chi connectivity index (χ1) is 10.7. The number of ether oxygens (including phenoxy) is 1. The molecule has 5 heteroatoms. The van der Waals surface area contributed by atoms with E-state index in [1.807, 2.05) is 42.5 Å². The lowest BCUT2D eigenvalue weighted by atomic mass is 10.1. The lowest BCUT2D eigenvalue weighted by Gasteiger charge is -2.01. The number of aromatic nitrogens is 2. The number of nitrogen functional groups attached to an aromatic ring is 1. The molecule has 0 atom stereocenters. The van der Waals surface area contributed by atoms with Crippen LogP contribution in [0.15, 0.2) is 60.8 Å². The molecule has 0 bridgehead atoms. The molecule has 5 nitrogen and oxygen atoms in total. The van der Waals surface area contributed by atoms with Crippen LogP contribution in [0.5, 0.6) is 0 Å². The Morgan fingerprint density at radius 2 is 1.77 bits per heavy atom. The maximum atomic E-state index is 12.0. The van der Waals surface area contributed by atoms with Crippen molar-refractivity contribution in [1.29, 1.82) is 0 Å². The quantitative estimate of drug-likeness (QED) is 0.595. The van der Waals surface area contributed by atoms with Gasteiger partial charge < -0.3 is 10.5 Å². The Hall–Kier alpha value is -3.08. The van der Waals surface area contributed by atoms with Crippen LogP contribution in [0.2, 0.25) is 0 Å². The summed E-state index contributed by atoms with van der Waals surface area (Å²) in [5, 5.41) is 4.52. The van der Waals surface area contributed by atoms with Crippen LogP contribution < -0.4 is 5.73 Å². The van der Waals surface area contributed by atoms with Crippen LogP contribution >= 0.6 is 0 Å². The average molecular weight is 293 g/mol. The lowest BCUT2D eigenvalue weighted by molar-refractivity contribution is 0.0601. The Kier molecular flexibility index (Phi) is 3.62. The molecule has 1 aromatic heterocycles. The molecule has 0 fully saturated rings. The molecule has 0 aliphatic heterocycles. The second kappa shape index (κ2) is 5.73. The molecule has 0 unspecified atom stereocenters. The fraction of sp³-hybridized carbons (Fsp3) is 0.0588. The van der Waals surface area contributed by atoms with Crippen LogP contribution in [-0.4, -0.2) is 22.9 Å². The molecule has 0 radical (unpaired) electrons. The average Bonchev–Trinajstić information content (AvgIpc) is 3.01. The molecule has 0 spiro atoms. The van der Waals surface area contributed by atoms with Gasteiger partial charge in [0.1, 0.15) is 11.3 Å². The van der Waals surface area contributed by atoms with Crippen LogP contribution in [0, 0.1) is 0 Å². The Morgan fingerprint density at radius 3 is 2.41 bits per heavy atom. The largest absolute Gasteiger partial charge is 0.465 e. The van der Waals surface area contributed by atoms with Crippen LogP contribution in [0.3, 0.4) is 0 Å². The van der Waals surface area contributed by atoms with E-state index in [0.717, 1.165) is 11.3 Å². The van der Waals surface area contributed by atoms with Gasteiger partial charge in [-0.05, 0) is 24.3 Å². The van der Waals surface area contributed by atoms with Gasteiger partial charge in [0.25, 0.3) is 0 Å². The molecule has 0 saturated heterocycles. The minimum atomic E-state index is -0.422. The summed E-state index contributed by atoms with van der Waals surface area (Å²) in [4.78, 5) is 12.0. The van der Waals surface area contributed by atoms with Crippen molar-refractivity contribution in [3.05, 3.63) is 66.4 Å². The maximum absolute atomic E-state index is 12.0. The standard InChI is InChI=1S/C17H15N3O2/c1-22-17(21)15-11-20(14-5-3-2-4-6-14)19-16(15)12-7-9-13(18)10-8-12/h2-11H,18H2,1H3. The van der Waals surface area contributed by atoms with Gasteiger partial charge in [-0.3, -0.25) is 0 Å². The summed E-state index contributed by atoms with van der Waals surface area (Å²) in [7, 11) is 1.36. The number of methoxy groups -OCH3 is 1. The van der Waals surface area contributed by atoms with Gasteiger partial charge in [0.15, 0.2) is 0 Å². The summed E-state index contributed by atoms with van der Waals surface area (Å²) in [6, 6.07) is 16.8. The molecule has 110 valence electrons. The molecule has 1 heterocycles. The fourth-order valence-corrected chi connectivity index (χ4v) is 2.20. The van der Waals surface area contributed by atoms with Crippen LogP contribution in [0.1, 0.15) is 10.4 Å². The van der Waals surface area contributed by atoms with Crippen LogP contribution in [0.25, 0.3) is 16.9 Å². The molecule has 0 saturated carbocycles. The molecule has 3 aromatic rings. The third-order valence-corrected chi connectivity index (χ3v) is 3.32. The number of nitrogens with zero attached hydrogens (tertiary/aromatic N) is 2. The summed E-state index contributed by atoms with van der Waals surface area (Å²) < 4.78 is 6.52. The number of hydrogen-bond donors (Lipinski definition) is 1. The van der Waals surface area contributed by atoms with E-state index in [1.54, 1.807) is 23.0 Å². The van der Waals surface area contributed by atoms with Crippen molar-refractivity contribution in [2.24, 2.45) is 0 Å². The van der Waals surface area contributed by atoms with Crippen molar-refractivity contribution >= 4 is 11.7 Å². The van der Waals surface area contributed by atoms with Crippen molar-refractivity contribution in [3.8, 4) is 16.9 Å². The van der Waals surface area contributed by atoms with Crippen molar-refractivity contribution in [2.75, 3.05) is 12.8 Å². The van der Waals surface area contributed by atoms with Gasteiger partial charge in [0.05, 0.1) is 12.8 Å². The first-order valence-electron chi connectivity index (χ1n) is 6.78. The van der Waals surface area contributed by atoms with Crippen LogP contribution in [-0.2, 0) is 4.74 Å². The van der Waals surface area contributed by atoms with Crippen molar-refractivity contribution in [3.63, 3.8) is 0 Å². The van der Waals surface area contributed by atoms with E-state index >= 15 is 0 Å². The summed E-state index contributed by atoms with van der Waals surface area (Å²) in [6.07, 6.45) is 1.67. The molecule has 0 amide bonds. The zero-order valence-electron chi connectivity index (χ0n) is 12.1. The molecule has 2 N–H and O–H groups in total. The molecule has 3 rings (SSSR count). The summed E-state index contributed by atoms with van der Waals surface area (Å²) in [6.45, 7) is 0. The predicted octanol–water partition coefficient (Wildman–Crippen LogP) is 2.91. The summed E-state index contributed by atoms with van der Waals surface area (Å²) in [5.41, 5.74) is 9.02. The summed E-state index contributed by atoms with van der Waals surface area (Å²) >= 11 is 0. The fourth-order valence-electron chi connectivity index (χ4n) is 2.20. The lowest BCUT2D eigenvalue weighted by Crippen LogP contribution is -2.01. The number of carbonyl (C=O) groups is 1. The Balaban J connectivity index is 2.13. The third-order valence-electron chi connectivity index (χ3n) is 3.32. The highest BCUT2D eigenvalue weighted by atomic mass is 16.5. The van der Waals surface area contributed by atoms with E-state index in [9.17, 15) is 4.79 Å². The van der Waals surface area contributed by atoms with E-state index in [1.165, 1.54) is 7.11 Å². The summed E-state index contributed by atoms with van der Waals surface area (Å²) in [5.74, 6) is -0.422. The van der Waals surface area contributed by atoms with Gasteiger partial charge in [-0.2, -0.15) is 5.10 Å². The maximum Gasteiger partial charge on any atom is 0.341 e. The number of para-hydroxylation sites is 1. The molecular formula is C17H15N3O2. The van der Waals surface area contributed by atoms with E-state index in [0.29, 0.717) is 16.9 Å². The van der Waals surface area contributed by atoms with E-state index < -0.39 is 5.97 Å². The molecule has 0 aliphatic rings. The predicted molar refractivity (Wildman–Crippen MR) is 84.8 cm³/mol. The van der Waals surface area contributed by atoms with E-state index in [-0.39, 0.29) is 0 Å². The smallest absolute Gasteiger partial charge is 0.341 e. The highest BCUT2D eigenvalue weighted by Gasteiger charge is 2.19. The molecular weight excluding hydrogens is 278 g/mol. The number of rotatable bonds is 3. The number of esters is 1. The minimum absolute atomic E-state index is 0.413. The third kappa shape index (κ3) is 2.56. The van der Waals surface area contributed by atoms with Gasteiger partial charge >= 0.3 is 5.97 Å². The first kappa shape index (κ1) is 13.9. The van der Waals surface area contributed by atoms with Gasteiger partial charge in [-0.1, -0.05) is 30.3 Å². The number of benzene rings is 2. The van der Waals surface area contributed by atoms with Gasteiger partial charge in [-0.15, -0.1) is 0 Å². The van der Waals surface area contributed by atoms with Crippen molar-refractivity contribution in [1.82, 2.24) is 9.78 Å². The second-order valence-electron chi connectivity index (χ2n) is 4.79. The number of anilines is 1. The van der Waals surface area contributed by atoms with Gasteiger partial charge in [0.2, 0.25) is 0 Å². The van der Waals surface area contributed by atoms with E-state index in [4.69, 9.17) is 10.5 Å². The molecule has 2 aromatic carbocycles. The highest BCUT2D eigenvalue weighted by Crippen LogP contribution is 2.25. The normalized spacial score (nSPS) is 10.4. The molecule has 22 heavy (non-hydrogen) atoms. The first-order valence-corrected chi connectivity index (χ1v) is 6.78. The number of hydrogen-bond acceptors (Lipinski definition) is 4. The second-order valence-corrected chi connectivity index (χ2v) is 4.79. The highest BCUT2D eigenvalue weighted by molar-refractivity contribution is 5.96. The minimum Gasteiger partial charge on any atom is -0.465 e. The SMILES string of the molecule is COC(=O)c1cn(-c2ccccc2)nc1-c1ccc(N)cc1. The zero-order valence-corrected chi connectivity index (χ0v) is 12.1. The van der Waals surface area contributed by atoms with Gasteiger partial charge in [-0.25, -0.2) is 9.48 Å². The van der Waals surface area contributed by atoms with Crippen molar-refractivity contribution < 1.29 is 9.53 Å². The Bertz CT molecular complexity index is 793. The monoisotopic (exact) mass is 293 g/mol. The number of carbonyl (C=O) groups excluding carboxylic acids is 1. The van der Waals surface area contributed by atoms with E-state index in [2.05, 4.69) is 5.10 Å². The van der Waals surface area contributed by atoms with Crippen molar-refractivity contribution in [2.45, 2.75) is 0 Å². The van der Waals surface area contributed by atoms with Crippen LogP contribution in [0.4, 0.5) is 5.69 Å². The van der Waals surface area contributed by atoms with Gasteiger partial charge in [0, 0.05) is 17.4 Å². The Morgan fingerprint density at radius 1 is 1.09 bits per heavy atom. The Labute approximate surface area is 127 Å². The number of nitrogens with two attached hydrogens (primary N) is 1.